The average molecular weight is 382 g/mol. The third kappa shape index (κ3) is 7.25. The molecule has 6 nitrogen and oxygen atoms in total. The standard InChI is InChI=1S/C16H31N3O3S.ClH/c1-23(21,22)12-7-15(17)16(20)19-10-8-18(9-11-19)13-14-5-3-2-4-6-14;/h14-15H,2-13,17H2,1H3;1H. The number of halogens is 1. The Morgan fingerprint density at radius 2 is 1.71 bits per heavy atom. The average Bonchev–Trinajstić information content (AvgIpc) is 2.53. The predicted octanol–water partition coefficient (Wildman–Crippen LogP) is 0.895. The Balaban J connectivity index is 0.00000288. The smallest absolute Gasteiger partial charge is 0.239 e. The van der Waals surface area contributed by atoms with Crippen LogP contribution in [0.1, 0.15) is 38.5 Å². The van der Waals surface area contributed by atoms with Crippen molar-refractivity contribution in [2.45, 2.75) is 44.6 Å². The highest BCUT2D eigenvalue weighted by atomic mass is 35.5. The van der Waals surface area contributed by atoms with Gasteiger partial charge in [-0.25, -0.2) is 8.42 Å². The quantitative estimate of drug-likeness (QED) is 0.738. The van der Waals surface area contributed by atoms with Gasteiger partial charge in [-0.15, -0.1) is 12.4 Å². The summed E-state index contributed by atoms with van der Waals surface area (Å²) < 4.78 is 22.4. The van der Waals surface area contributed by atoms with E-state index in [1.54, 1.807) is 4.90 Å². The number of hydrogen-bond donors (Lipinski definition) is 1. The van der Waals surface area contributed by atoms with Gasteiger partial charge >= 0.3 is 0 Å². The van der Waals surface area contributed by atoms with Crippen molar-refractivity contribution in [1.82, 2.24) is 9.80 Å². The van der Waals surface area contributed by atoms with Gasteiger partial charge in [0.25, 0.3) is 0 Å². The SMILES string of the molecule is CS(=O)(=O)CCC(N)C(=O)N1CCN(CC2CCCCC2)CC1.Cl. The molecule has 0 aromatic rings. The van der Waals surface area contributed by atoms with Gasteiger partial charge in [-0.3, -0.25) is 9.69 Å². The summed E-state index contributed by atoms with van der Waals surface area (Å²) in [7, 11) is -3.07. The summed E-state index contributed by atoms with van der Waals surface area (Å²) in [5.74, 6) is 0.690. The first kappa shape index (κ1) is 21.7. The topological polar surface area (TPSA) is 83.7 Å². The summed E-state index contributed by atoms with van der Waals surface area (Å²) in [6, 6.07) is -0.699. The zero-order chi connectivity index (χ0) is 16.9. The lowest BCUT2D eigenvalue weighted by molar-refractivity contribution is -0.134. The van der Waals surface area contributed by atoms with Crippen molar-refractivity contribution in [3.63, 3.8) is 0 Å². The lowest BCUT2D eigenvalue weighted by Crippen LogP contribution is -2.54. The van der Waals surface area contributed by atoms with E-state index in [0.717, 1.165) is 25.6 Å². The minimum absolute atomic E-state index is 0. The second-order valence-electron chi connectivity index (χ2n) is 7.15. The van der Waals surface area contributed by atoms with Crippen molar-refractivity contribution in [3.8, 4) is 0 Å². The Morgan fingerprint density at radius 1 is 1.12 bits per heavy atom. The van der Waals surface area contributed by atoms with Gasteiger partial charge < -0.3 is 10.6 Å². The van der Waals surface area contributed by atoms with Crippen molar-refractivity contribution < 1.29 is 13.2 Å². The van der Waals surface area contributed by atoms with Crippen molar-refractivity contribution in [3.05, 3.63) is 0 Å². The molecule has 0 aromatic heterocycles. The molecule has 1 saturated carbocycles. The fourth-order valence-corrected chi connectivity index (χ4v) is 4.27. The number of piperazine rings is 1. The normalized spacial score (nSPS) is 22.0. The minimum atomic E-state index is -3.07. The third-order valence-corrected chi connectivity index (χ3v) is 6.02. The lowest BCUT2D eigenvalue weighted by atomic mass is 9.89. The van der Waals surface area contributed by atoms with Gasteiger partial charge in [0.1, 0.15) is 9.84 Å². The van der Waals surface area contributed by atoms with Crippen molar-refractivity contribution in [2.75, 3.05) is 44.7 Å². The summed E-state index contributed by atoms with van der Waals surface area (Å²) >= 11 is 0. The van der Waals surface area contributed by atoms with Crippen molar-refractivity contribution >= 4 is 28.2 Å². The van der Waals surface area contributed by atoms with Crippen LogP contribution in [-0.2, 0) is 14.6 Å². The molecule has 2 aliphatic rings. The molecule has 0 bridgehead atoms. The molecule has 0 spiro atoms. The summed E-state index contributed by atoms with van der Waals surface area (Å²) in [4.78, 5) is 16.6. The first-order chi connectivity index (χ1) is 10.8. The predicted molar refractivity (Wildman–Crippen MR) is 99.1 cm³/mol. The van der Waals surface area contributed by atoms with Crippen molar-refractivity contribution in [1.29, 1.82) is 0 Å². The molecular weight excluding hydrogens is 350 g/mol. The lowest BCUT2D eigenvalue weighted by Gasteiger charge is -2.38. The monoisotopic (exact) mass is 381 g/mol. The summed E-state index contributed by atoms with van der Waals surface area (Å²) in [5, 5.41) is 0. The Kier molecular flexibility index (Phi) is 8.98. The maximum absolute atomic E-state index is 12.3. The van der Waals surface area contributed by atoms with E-state index >= 15 is 0 Å². The van der Waals surface area contributed by atoms with Gasteiger partial charge in [0.15, 0.2) is 0 Å². The molecule has 1 aliphatic heterocycles. The Labute approximate surface area is 152 Å². The maximum atomic E-state index is 12.3. The number of nitrogens with zero attached hydrogens (tertiary/aromatic N) is 2. The Bertz CT molecular complexity index is 487. The summed E-state index contributed by atoms with van der Waals surface area (Å²) in [5.41, 5.74) is 5.87. The zero-order valence-electron chi connectivity index (χ0n) is 14.7. The first-order valence-corrected chi connectivity index (χ1v) is 10.9. The van der Waals surface area contributed by atoms with Crippen LogP contribution in [0.4, 0.5) is 0 Å². The molecule has 1 amide bonds. The molecule has 1 saturated heterocycles. The fraction of sp³-hybridized carbons (Fsp3) is 0.938. The fourth-order valence-electron chi connectivity index (χ4n) is 3.58. The van der Waals surface area contributed by atoms with Crippen LogP contribution in [0.2, 0.25) is 0 Å². The maximum Gasteiger partial charge on any atom is 0.239 e. The van der Waals surface area contributed by atoms with E-state index in [9.17, 15) is 13.2 Å². The number of hydrogen-bond acceptors (Lipinski definition) is 5. The van der Waals surface area contributed by atoms with Gasteiger partial charge in [0, 0.05) is 39.0 Å². The summed E-state index contributed by atoms with van der Waals surface area (Å²) in [6.07, 6.45) is 8.17. The minimum Gasteiger partial charge on any atom is -0.339 e. The molecule has 2 fully saturated rings. The van der Waals surface area contributed by atoms with Gasteiger partial charge in [0.05, 0.1) is 11.8 Å². The number of rotatable bonds is 6. The van der Waals surface area contributed by atoms with Crippen LogP contribution < -0.4 is 5.73 Å². The van der Waals surface area contributed by atoms with E-state index in [1.807, 2.05) is 0 Å². The molecule has 0 aromatic carbocycles. The van der Waals surface area contributed by atoms with E-state index < -0.39 is 15.9 Å². The molecule has 1 aliphatic carbocycles. The van der Waals surface area contributed by atoms with Gasteiger partial charge in [-0.2, -0.15) is 0 Å². The number of nitrogens with two attached hydrogens (primary N) is 1. The molecular formula is C16H32ClN3O3S. The van der Waals surface area contributed by atoms with Crippen LogP contribution in [0, 0.1) is 5.92 Å². The third-order valence-electron chi connectivity index (χ3n) is 5.04. The molecule has 8 heteroatoms. The van der Waals surface area contributed by atoms with Crippen LogP contribution in [0.15, 0.2) is 0 Å². The van der Waals surface area contributed by atoms with Crippen molar-refractivity contribution in [2.24, 2.45) is 11.7 Å². The van der Waals surface area contributed by atoms with Gasteiger partial charge in [-0.05, 0) is 25.2 Å². The molecule has 2 rings (SSSR count). The van der Waals surface area contributed by atoms with Crippen LogP contribution in [0.25, 0.3) is 0 Å². The number of amides is 1. The molecule has 2 N–H and O–H groups in total. The number of sulfone groups is 1. The van der Waals surface area contributed by atoms with E-state index in [1.165, 1.54) is 38.4 Å². The zero-order valence-corrected chi connectivity index (χ0v) is 16.3. The Hall–Kier alpha value is -0.370. The van der Waals surface area contributed by atoms with E-state index in [-0.39, 0.29) is 30.5 Å². The van der Waals surface area contributed by atoms with Crippen LogP contribution in [0.5, 0.6) is 0 Å². The van der Waals surface area contributed by atoms with Crippen LogP contribution in [0.3, 0.4) is 0 Å². The molecule has 142 valence electrons. The van der Waals surface area contributed by atoms with E-state index in [2.05, 4.69) is 4.90 Å². The molecule has 1 atom stereocenters. The highest BCUT2D eigenvalue weighted by Crippen LogP contribution is 2.24. The molecule has 0 radical (unpaired) electrons. The second kappa shape index (κ2) is 9.94. The van der Waals surface area contributed by atoms with Crippen LogP contribution in [-0.4, -0.2) is 74.9 Å². The second-order valence-corrected chi connectivity index (χ2v) is 9.41. The highest BCUT2D eigenvalue weighted by molar-refractivity contribution is 7.90. The molecule has 1 unspecified atom stereocenters. The van der Waals surface area contributed by atoms with E-state index in [0.29, 0.717) is 13.1 Å². The van der Waals surface area contributed by atoms with E-state index in [4.69, 9.17) is 5.73 Å². The first-order valence-electron chi connectivity index (χ1n) is 8.79. The molecule has 24 heavy (non-hydrogen) atoms. The summed E-state index contributed by atoms with van der Waals surface area (Å²) in [6.45, 7) is 4.38. The molecule has 1 heterocycles. The number of carbonyl (C=O) groups excluding carboxylic acids is 1. The highest BCUT2D eigenvalue weighted by Gasteiger charge is 2.27. The number of carbonyl (C=O) groups is 1. The van der Waals surface area contributed by atoms with Crippen LogP contribution >= 0.6 is 12.4 Å². The van der Waals surface area contributed by atoms with Gasteiger partial charge in [-0.1, -0.05) is 19.3 Å². The Morgan fingerprint density at radius 3 is 2.25 bits per heavy atom. The largest absolute Gasteiger partial charge is 0.339 e. The van der Waals surface area contributed by atoms with Gasteiger partial charge in [0.2, 0.25) is 5.91 Å².